The number of halogens is 1. The van der Waals surface area contributed by atoms with E-state index in [-0.39, 0.29) is 22.2 Å². The molecule has 1 aromatic rings. The summed E-state index contributed by atoms with van der Waals surface area (Å²) in [4.78, 5) is 46.5. The third-order valence-electron chi connectivity index (χ3n) is 3.38. The molecule has 0 bridgehead atoms. The molecule has 2 N–H and O–H groups in total. The van der Waals surface area contributed by atoms with Gasteiger partial charge in [0.15, 0.2) is 0 Å². The molecular weight excluding hydrogens is 354 g/mol. The lowest BCUT2D eigenvalue weighted by molar-refractivity contribution is -0.384. The van der Waals surface area contributed by atoms with Crippen molar-refractivity contribution in [2.24, 2.45) is 5.92 Å². The molecule has 10 heteroatoms. The molecule has 0 aliphatic rings. The van der Waals surface area contributed by atoms with Gasteiger partial charge in [-0.25, -0.2) is 0 Å². The minimum atomic E-state index is -1.18. The summed E-state index contributed by atoms with van der Waals surface area (Å²) >= 11 is 5.90. The van der Waals surface area contributed by atoms with Crippen LogP contribution < -0.4 is 5.32 Å². The minimum absolute atomic E-state index is 0.0217. The van der Waals surface area contributed by atoms with Crippen LogP contribution in [-0.2, 0) is 9.59 Å². The lowest BCUT2D eigenvalue weighted by atomic mass is 10.0. The third kappa shape index (κ3) is 5.42. The van der Waals surface area contributed by atoms with Crippen molar-refractivity contribution in [3.63, 3.8) is 0 Å². The number of carboxylic acids is 1. The highest BCUT2D eigenvalue weighted by molar-refractivity contribution is 6.34. The molecule has 0 saturated carbocycles. The normalized spacial score (nSPS) is 11.7. The Labute approximate surface area is 148 Å². The second-order valence-electron chi connectivity index (χ2n) is 5.70. The average Bonchev–Trinajstić information content (AvgIpc) is 2.50. The molecule has 0 aliphatic carbocycles. The summed E-state index contributed by atoms with van der Waals surface area (Å²) in [5.41, 5.74) is -0.286. The zero-order valence-corrected chi connectivity index (χ0v) is 14.6. The average molecular weight is 372 g/mol. The summed E-state index contributed by atoms with van der Waals surface area (Å²) in [6.07, 6.45) is 0. The van der Waals surface area contributed by atoms with Gasteiger partial charge < -0.3 is 15.3 Å². The predicted molar refractivity (Wildman–Crippen MR) is 89.5 cm³/mol. The number of nitro groups is 1. The second kappa shape index (κ2) is 8.43. The van der Waals surface area contributed by atoms with E-state index in [0.717, 1.165) is 17.0 Å². The van der Waals surface area contributed by atoms with E-state index >= 15 is 0 Å². The third-order valence-corrected chi connectivity index (χ3v) is 3.69. The molecule has 0 aromatic heterocycles. The van der Waals surface area contributed by atoms with E-state index in [0.29, 0.717) is 0 Å². The predicted octanol–water partition coefficient (Wildman–Crippen LogP) is 1.55. The number of carbonyl (C=O) groups is 3. The van der Waals surface area contributed by atoms with Crippen LogP contribution in [0, 0.1) is 16.0 Å². The topological polar surface area (TPSA) is 130 Å². The Bertz CT molecular complexity index is 707. The van der Waals surface area contributed by atoms with Gasteiger partial charge in [-0.05, 0) is 12.0 Å². The number of carboxylic acid groups (broad SMARTS) is 1. The van der Waals surface area contributed by atoms with Gasteiger partial charge in [0.25, 0.3) is 11.6 Å². The van der Waals surface area contributed by atoms with Crippen LogP contribution in [0.1, 0.15) is 24.2 Å². The first kappa shape index (κ1) is 20.4. The number of hydrogen-bond donors (Lipinski definition) is 2. The highest BCUT2D eigenvalue weighted by Gasteiger charge is 2.29. The molecule has 0 aliphatic heterocycles. The van der Waals surface area contributed by atoms with Gasteiger partial charge in [0.05, 0.1) is 15.5 Å². The van der Waals surface area contributed by atoms with Crippen LogP contribution in [0.3, 0.4) is 0 Å². The molecule has 1 atom stereocenters. The number of rotatable bonds is 7. The van der Waals surface area contributed by atoms with E-state index in [9.17, 15) is 24.5 Å². The van der Waals surface area contributed by atoms with Gasteiger partial charge >= 0.3 is 5.97 Å². The van der Waals surface area contributed by atoms with Gasteiger partial charge in [0.1, 0.15) is 12.6 Å². The Morgan fingerprint density at radius 3 is 2.40 bits per heavy atom. The summed E-state index contributed by atoms with van der Waals surface area (Å²) < 4.78 is 0. The van der Waals surface area contributed by atoms with Crippen LogP contribution in [0.2, 0.25) is 5.02 Å². The molecule has 9 nitrogen and oxygen atoms in total. The van der Waals surface area contributed by atoms with Crippen LogP contribution in [0.5, 0.6) is 0 Å². The number of nitro benzene ring substituents is 1. The van der Waals surface area contributed by atoms with Crippen molar-refractivity contribution in [1.82, 2.24) is 10.2 Å². The number of nitrogens with zero attached hydrogens (tertiary/aromatic N) is 2. The summed E-state index contributed by atoms with van der Waals surface area (Å²) in [7, 11) is 1.32. The number of amides is 2. The highest BCUT2D eigenvalue weighted by atomic mass is 35.5. The van der Waals surface area contributed by atoms with Crippen LogP contribution >= 0.6 is 11.6 Å². The fourth-order valence-electron chi connectivity index (χ4n) is 2.05. The van der Waals surface area contributed by atoms with E-state index in [1.165, 1.54) is 13.1 Å². The maximum Gasteiger partial charge on any atom is 0.323 e. The van der Waals surface area contributed by atoms with Crippen molar-refractivity contribution in [2.75, 3.05) is 13.6 Å². The summed E-state index contributed by atoms with van der Waals surface area (Å²) in [5, 5.41) is 21.8. The van der Waals surface area contributed by atoms with Crippen molar-refractivity contribution >= 4 is 35.1 Å². The fourth-order valence-corrected chi connectivity index (χ4v) is 2.31. The Morgan fingerprint density at radius 2 is 1.96 bits per heavy atom. The summed E-state index contributed by atoms with van der Waals surface area (Å²) in [6, 6.07) is 2.39. The van der Waals surface area contributed by atoms with E-state index in [2.05, 4.69) is 5.32 Å². The standard InChI is InChI=1S/C15H18ClN3O6/c1-8(2)13(15(23)18(3)7-12(20)21)17-14(22)10-5-4-9(19(24)25)6-11(10)16/h4-6,8,13H,7H2,1-3H3,(H,17,22)(H,20,21). The van der Waals surface area contributed by atoms with Gasteiger partial charge in [0.2, 0.25) is 5.91 Å². The molecule has 1 aromatic carbocycles. The Morgan fingerprint density at radius 1 is 1.36 bits per heavy atom. The fraction of sp³-hybridized carbons (Fsp3) is 0.400. The largest absolute Gasteiger partial charge is 0.480 e. The van der Waals surface area contributed by atoms with Gasteiger partial charge in [-0.2, -0.15) is 0 Å². The quantitative estimate of drug-likeness (QED) is 0.552. The van der Waals surface area contributed by atoms with Crippen molar-refractivity contribution < 1.29 is 24.4 Å². The van der Waals surface area contributed by atoms with Gasteiger partial charge in [-0.15, -0.1) is 0 Å². The second-order valence-corrected chi connectivity index (χ2v) is 6.11. The van der Waals surface area contributed by atoms with Crippen molar-refractivity contribution in [1.29, 1.82) is 0 Å². The summed E-state index contributed by atoms with van der Waals surface area (Å²) in [5.74, 6) is -2.74. The Kier molecular flexibility index (Phi) is 6.86. The first-order valence-electron chi connectivity index (χ1n) is 7.26. The van der Waals surface area contributed by atoms with Gasteiger partial charge in [0, 0.05) is 19.2 Å². The molecule has 0 saturated heterocycles. The number of benzene rings is 1. The van der Waals surface area contributed by atoms with E-state index < -0.39 is 35.3 Å². The molecule has 2 amide bonds. The van der Waals surface area contributed by atoms with Crippen molar-refractivity contribution in [3.05, 3.63) is 38.9 Å². The number of nitrogens with one attached hydrogen (secondary N) is 1. The molecule has 136 valence electrons. The lowest BCUT2D eigenvalue weighted by Gasteiger charge is -2.26. The van der Waals surface area contributed by atoms with E-state index in [1.54, 1.807) is 13.8 Å². The molecular formula is C15H18ClN3O6. The lowest BCUT2D eigenvalue weighted by Crippen LogP contribution is -2.51. The number of hydrogen-bond acceptors (Lipinski definition) is 5. The Balaban J connectivity index is 2.99. The molecule has 0 fully saturated rings. The number of likely N-dealkylation sites (N-methyl/N-ethyl adjacent to an activating group) is 1. The monoisotopic (exact) mass is 371 g/mol. The van der Waals surface area contributed by atoms with Crippen LogP contribution in [0.25, 0.3) is 0 Å². The van der Waals surface area contributed by atoms with Crippen molar-refractivity contribution in [3.8, 4) is 0 Å². The molecule has 25 heavy (non-hydrogen) atoms. The zero-order chi connectivity index (χ0) is 19.3. The first-order valence-corrected chi connectivity index (χ1v) is 7.64. The van der Waals surface area contributed by atoms with E-state index in [1.807, 2.05) is 0 Å². The Hall–Kier alpha value is -2.68. The molecule has 1 rings (SSSR count). The minimum Gasteiger partial charge on any atom is -0.480 e. The number of aliphatic carboxylic acids is 1. The summed E-state index contributed by atoms with van der Waals surface area (Å²) in [6.45, 7) is 2.88. The maximum absolute atomic E-state index is 12.4. The SMILES string of the molecule is CC(C)C(NC(=O)c1ccc([N+](=O)[O-])cc1Cl)C(=O)N(C)CC(=O)O. The molecule has 0 heterocycles. The maximum atomic E-state index is 12.4. The zero-order valence-electron chi connectivity index (χ0n) is 13.9. The van der Waals surface area contributed by atoms with Crippen LogP contribution in [-0.4, -0.2) is 52.3 Å². The van der Waals surface area contributed by atoms with Crippen LogP contribution in [0.4, 0.5) is 5.69 Å². The highest BCUT2D eigenvalue weighted by Crippen LogP contribution is 2.22. The van der Waals surface area contributed by atoms with E-state index in [4.69, 9.17) is 16.7 Å². The first-order chi connectivity index (χ1) is 11.5. The molecule has 1 unspecified atom stereocenters. The molecule has 0 spiro atoms. The number of non-ortho nitro benzene ring substituents is 1. The van der Waals surface area contributed by atoms with Crippen molar-refractivity contribution in [2.45, 2.75) is 19.9 Å². The molecule has 0 radical (unpaired) electrons. The van der Waals surface area contributed by atoms with Gasteiger partial charge in [-0.3, -0.25) is 24.5 Å². The van der Waals surface area contributed by atoms with Crippen LogP contribution in [0.15, 0.2) is 18.2 Å². The smallest absolute Gasteiger partial charge is 0.323 e. The number of carbonyl (C=O) groups excluding carboxylic acids is 2. The van der Waals surface area contributed by atoms with Gasteiger partial charge in [-0.1, -0.05) is 25.4 Å².